The molecule has 0 saturated heterocycles. The van der Waals surface area contributed by atoms with Gasteiger partial charge < -0.3 is 9.84 Å². The van der Waals surface area contributed by atoms with Gasteiger partial charge in [0.15, 0.2) is 5.75 Å². The van der Waals surface area contributed by atoms with E-state index in [0.717, 1.165) is 0 Å². The van der Waals surface area contributed by atoms with E-state index in [1.165, 1.54) is 13.3 Å². The summed E-state index contributed by atoms with van der Waals surface area (Å²) in [6.45, 7) is 5.49. The van der Waals surface area contributed by atoms with Gasteiger partial charge in [0.05, 0.1) is 24.9 Å². The highest BCUT2D eigenvalue weighted by atomic mass is 16.5. The predicted octanol–water partition coefficient (Wildman–Crippen LogP) is 1.80. The van der Waals surface area contributed by atoms with Gasteiger partial charge in [-0.2, -0.15) is 0 Å². The van der Waals surface area contributed by atoms with E-state index in [1.54, 1.807) is 6.92 Å². The summed E-state index contributed by atoms with van der Waals surface area (Å²) in [6, 6.07) is 0. The Morgan fingerprint density at radius 1 is 1.44 bits per heavy atom. The van der Waals surface area contributed by atoms with E-state index in [0.29, 0.717) is 17.3 Å². The van der Waals surface area contributed by atoms with Crippen LogP contribution in [0.1, 0.15) is 44.1 Å². The van der Waals surface area contributed by atoms with Crippen molar-refractivity contribution < 1.29 is 14.6 Å². The fourth-order valence-corrected chi connectivity index (χ4v) is 1.26. The molecule has 1 unspecified atom stereocenters. The van der Waals surface area contributed by atoms with Gasteiger partial charge in [-0.1, -0.05) is 13.8 Å². The topological polar surface area (TPSA) is 72.3 Å². The first kappa shape index (κ1) is 12.4. The van der Waals surface area contributed by atoms with Crippen LogP contribution in [0.5, 0.6) is 5.75 Å². The van der Waals surface area contributed by atoms with Gasteiger partial charge in [0.1, 0.15) is 5.82 Å². The number of nitrogens with zero attached hydrogens (tertiary/aromatic N) is 2. The van der Waals surface area contributed by atoms with Crippen LogP contribution in [0.4, 0.5) is 0 Å². The Kier molecular flexibility index (Phi) is 3.82. The third kappa shape index (κ3) is 2.48. The lowest BCUT2D eigenvalue weighted by atomic mass is 10.1. The smallest absolute Gasteiger partial charge is 0.312 e. The minimum Gasteiger partial charge on any atom is -0.493 e. The summed E-state index contributed by atoms with van der Waals surface area (Å²) in [6.07, 6.45) is 1.52. The highest BCUT2D eigenvalue weighted by Crippen LogP contribution is 2.25. The summed E-state index contributed by atoms with van der Waals surface area (Å²) in [4.78, 5) is 19.3. The van der Waals surface area contributed by atoms with Crippen LogP contribution in [0.25, 0.3) is 0 Å². The zero-order valence-corrected chi connectivity index (χ0v) is 9.89. The van der Waals surface area contributed by atoms with Crippen LogP contribution < -0.4 is 4.74 Å². The number of rotatable bonds is 4. The number of aromatic nitrogens is 2. The Morgan fingerprint density at radius 2 is 2.06 bits per heavy atom. The van der Waals surface area contributed by atoms with Crippen molar-refractivity contribution in [1.82, 2.24) is 9.97 Å². The summed E-state index contributed by atoms with van der Waals surface area (Å²) >= 11 is 0. The molecular weight excluding hydrogens is 208 g/mol. The number of carbonyl (C=O) groups is 1. The van der Waals surface area contributed by atoms with Crippen LogP contribution in [0.3, 0.4) is 0 Å². The lowest BCUT2D eigenvalue weighted by molar-refractivity contribution is -0.138. The van der Waals surface area contributed by atoms with Gasteiger partial charge in [0, 0.05) is 5.92 Å². The Balaban J connectivity index is 3.21. The molecule has 1 rings (SSSR count). The molecule has 1 heterocycles. The van der Waals surface area contributed by atoms with Crippen LogP contribution in [0.2, 0.25) is 0 Å². The van der Waals surface area contributed by atoms with Gasteiger partial charge in [0.25, 0.3) is 0 Å². The van der Waals surface area contributed by atoms with Gasteiger partial charge in [-0.05, 0) is 6.92 Å². The predicted molar refractivity (Wildman–Crippen MR) is 58.7 cm³/mol. The largest absolute Gasteiger partial charge is 0.493 e. The van der Waals surface area contributed by atoms with Gasteiger partial charge >= 0.3 is 5.97 Å². The molecule has 0 spiro atoms. The first-order valence-electron chi connectivity index (χ1n) is 5.11. The standard InChI is InChI=1S/C11H16N2O3/c1-6(2)10-12-5-8(16-4)9(13-10)7(3)11(14)15/h5-7H,1-4H3,(H,14,15). The van der Waals surface area contributed by atoms with Crippen LogP contribution >= 0.6 is 0 Å². The lowest BCUT2D eigenvalue weighted by Crippen LogP contribution is -2.13. The van der Waals surface area contributed by atoms with Crippen molar-refractivity contribution in [2.45, 2.75) is 32.6 Å². The van der Waals surface area contributed by atoms with Gasteiger partial charge in [-0.25, -0.2) is 9.97 Å². The number of ether oxygens (including phenoxy) is 1. The SMILES string of the molecule is COc1cnc(C(C)C)nc1C(C)C(=O)O. The molecule has 0 saturated carbocycles. The monoisotopic (exact) mass is 224 g/mol. The number of hydrogen-bond donors (Lipinski definition) is 1. The Morgan fingerprint density at radius 3 is 2.50 bits per heavy atom. The maximum absolute atomic E-state index is 10.9. The number of carboxylic acids is 1. The molecule has 5 nitrogen and oxygen atoms in total. The molecule has 0 fully saturated rings. The summed E-state index contributed by atoms with van der Waals surface area (Å²) in [5.74, 6) is -0.420. The second-order valence-corrected chi connectivity index (χ2v) is 3.90. The van der Waals surface area contributed by atoms with Crippen LogP contribution in [-0.4, -0.2) is 28.2 Å². The Labute approximate surface area is 94.5 Å². The van der Waals surface area contributed by atoms with Crippen molar-refractivity contribution in [3.63, 3.8) is 0 Å². The van der Waals surface area contributed by atoms with Crippen molar-refractivity contribution >= 4 is 5.97 Å². The number of hydrogen-bond acceptors (Lipinski definition) is 4. The molecule has 0 radical (unpaired) electrons. The van der Waals surface area contributed by atoms with Gasteiger partial charge in [-0.15, -0.1) is 0 Å². The van der Waals surface area contributed by atoms with E-state index in [9.17, 15) is 4.79 Å². The van der Waals surface area contributed by atoms with E-state index in [4.69, 9.17) is 9.84 Å². The molecule has 0 amide bonds. The highest BCUT2D eigenvalue weighted by molar-refractivity contribution is 5.75. The van der Waals surface area contributed by atoms with E-state index < -0.39 is 11.9 Å². The van der Waals surface area contributed by atoms with Crippen LogP contribution in [0, 0.1) is 0 Å². The molecule has 5 heteroatoms. The van der Waals surface area contributed by atoms with Crippen molar-refractivity contribution in [2.75, 3.05) is 7.11 Å². The molecule has 0 aromatic carbocycles. The van der Waals surface area contributed by atoms with E-state index in [-0.39, 0.29) is 5.92 Å². The fourth-order valence-electron chi connectivity index (χ4n) is 1.26. The molecule has 88 valence electrons. The van der Waals surface area contributed by atoms with E-state index >= 15 is 0 Å². The quantitative estimate of drug-likeness (QED) is 0.844. The van der Waals surface area contributed by atoms with E-state index in [2.05, 4.69) is 9.97 Å². The molecule has 1 aromatic rings. The number of carboxylic acid groups (broad SMARTS) is 1. The number of methoxy groups -OCH3 is 1. The van der Waals surface area contributed by atoms with Crippen molar-refractivity contribution in [3.05, 3.63) is 17.7 Å². The molecule has 0 aliphatic heterocycles. The normalized spacial score (nSPS) is 12.6. The minimum absolute atomic E-state index is 0.158. The first-order chi connectivity index (χ1) is 7.47. The third-order valence-corrected chi connectivity index (χ3v) is 2.32. The van der Waals surface area contributed by atoms with Gasteiger partial charge in [0.2, 0.25) is 0 Å². The van der Waals surface area contributed by atoms with Crippen LogP contribution in [0.15, 0.2) is 6.20 Å². The molecule has 1 atom stereocenters. The summed E-state index contributed by atoms with van der Waals surface area (Å²) in [5.41, 5.74) is 0.425. The molecule has 0 bridgehead atoms. The van der Waals surface area contributed by atoms with Crippen LogP contribution in [-0.2, 0) is 4.79 Å². The zero-order valence-electron chi connectivity index (χ0n) is 9.89. The Bertz CT molecular complexity index is 391. The molecule has 16 heavy (non-hydrogen) atoms. The maximum Gasteiger partial charge on any atom is 0.312 e. The van der Waals surface area contributed by atoms with Gasteiger partial charge in [-0.3, -0.25) is 4.79 Å². The molecular formula is C11H16N2O3. The minimum atomic E-state index is -0.924. The van der Waals surface area contributed by atoms with Crippen molar-refractivity contribution in [1.29, 1.82) is 0 Å². The Hall–Kier alpha value is -1.65. The van der Waals surface area contributed by atoms with Crippen molar-refractivity contribution in [3.8, 4) is 5.75 Å². The lowest BCUT2D eigenvalue weighted by Gasteiger charge is -2.13. The average Bonchev–Trinajstić information content (AvgIpc) is 2.26. The molecule has 0 aliphatic carbocycles. The zero-order chi connectivity index (χ0) is 12.3. The number of aliphatic carboxylic acids is 1. The third-order valence-electron chi connectivity index (χ3n) is 2.32. The average molecular weight is 224 g/mol. The summed E-state index contributed by atoms with van der Waals surface area (Å²) in [7, 11) is 1.48. The molecule has 1 aromatic heterocycles. The summed E-state index contributed by atoms with van der Waals surface area (Å²) < 4.78 is 5.06. The highest BCUT2D eigenvalue weighted by Gasteiger charge is 2.21. The second kappa shape index (κ2) is 4.92. The fraction of sp³-hybridized carbons (Fsp3) is 0.545. The second-order valence-electron chi connectivity index (χ2n) is 3.90. The molecule has 0 aliphatic rings. The summed E-state index contributed by atoms with van der Waals surface area (Å²) in [5, 5.41) is 8.97. The molecule has 1 N–H and O–H groups in total. The first-order valence-corrected chi connectivity index (χ1v) is 5.11. The van der Waals surface area contributed by atoms with Crippen molar-refractivity contribution in [2.24, 2.45) is 0 Å². The van der Waals surface area contributed by atoms with E-state index in [1.807, 2.05) is 13.8 Å². The maximum atomic E-state index is 10.9.